The van der Waals surface area contributed by atoms with E-state index in [1.54, 1.807) is 16.8 Å². The van der Waals surface area contributed by atoms with Crippen LogP contribution >= 0.6 is 0 Å². The van der Waals surface area contributed by atoms with Gasteiger partial charge in [0.25, 0.3) is 0 Å². The number of carbonyl (C=O) groups excluding carboxylic acids is 1. The van der Waals surface area contributed by atoms with Crippen LogP contribution in [0, 0.1) is 0 Å². The van der Waals surface area contributed by atoms with E-state index in [0.717, 1.165) is 45.0 Å². The fraction of sp³-hybridized carbons (Fsp3) is 0.357. The predicted octanol–water partition coefficient (Wildman–Crippen LogP) is 3.72. The van der Waals surface area contributed by atoms with Crippen molar-refractivity contribution in [1.29, 1.82) is 0 Å². The van der Waals surface area contributed by atoms with Gasteiger partial charge in [-0.1, -0.05) is 18.2 Å². The average Bonchev–Trinajstić information content (AvgIpc) is 2.94. The van der Waals surface area contributed by atoms with Crippen molar-refractivity contribution in [3.63, 3.8) is 0 Å². The van der Waals surface area contributed by atoms with Crippen molar-refractivity contribution < 1.29 is 27.4 Å². The Morgan fingerprint density at radius 3 is 2.64 bits per heavy atom. The van der Waals surface area contributed by atoms with Crippen LogP contribution in [0.4, 0.5) is 24.7 Å². The second-order valence-electron chi connectivity index (χ2n) is 10.1. The van der Waals surface area contributed by atoms with Gasteiger partial charge >= 0.3 is 12.1 Å². The molecule has 0 atom stereocenters. The summed E-state index contributed by atoms with van der Waals surface area (Å²) in [6, 6.07) is 10.1. The third-order valence-corrected chi connectivity index (χ3v) is 7.12. The summed E-state index contributed by atoms with van der Waals surface area (Å²) in [5, 5.41) is 3.04. The van der Waals surface area contributed by atoms with Crippen molar-refractivity contribution in [2.45, 2.75) is 38.1 Å². The zero-order chi connectivity index (χ0) is 29.9. The lowest BCUT2D eigenvalue weighted by molar-refractivity contribution is -0.274. The van der Waals surface area contributed by atoms with Gasteiger partial charge in [-0.05, 0) is 50.1 Å². The number of rotatable bonds is 9. The molecular formula is C28H30F3N7O4. The van der Waals surface area contributed by atoms with Crippen molar-refractivity contribution in [3.8, 4) is 17.2 Å². The number of carbonyl (C=O) groups is 1. The lowest BCUT2D eigenvalue weighted by Gasteiger charge is -2.33. The number of aliphatic imine (C=N–C) groups is 1. The molecule has 3 heterocycles. The first-order valence-corrected chi connectivity index (χ1v) is 13.4. The zero-order valence-corrected chi connectivity index (χ0v) is 22.6. The molecule has 5 N–H and O–H groups in total. The van der Waals surface area contributed by atoms with Gasteiger partial charge in [-0.3, -0.25) is 14.4 Å². The molecule has 0 bridgehead atoms. The Balaban J connectivity index is 1.24. The first kappa shape index (κ1) is 28.9. The van der Waals surface area contributed by atoms with E-state index in [9.17, 15) is 22.8 Å². The molecule has 0 saturated carbocycles. The van der Waals surface area contributed by atoms with Crippen molar-refractivity contribution in [3.05, 3.63) is 70.3 Å². The number of benzene rings is 2. The summed E-state index contributed by atoms with van der Waals surface area (Å²) in [4.78, 5) is 36.4. The Hall–Kier alpha value is -4.59. The molecule has 0 radical (unpaired) electrons. The largest absolute Gasteiger partial charge is 0.573 e. The van der Waals surface area contributed by atoms with Crippen LogP contribution in [-0.2, 0) is 6.42 Å². The van der Waals surface area contributed by atoms with Crippen LogP contribution in [0.15, 0.2) is 58.4 Å². The van der Waals surface area contributed by atoms with Crippen LogP contribution in [0.2, 0.25) is 0 Å². The lowest BCUT2D eigenvalue weighted by atomic mass is 10.0. The van der Waals surface area contributed by atoms with E-state index >= 15 is 0 Å². The average molecular weight is 586 g/mol. The maximum Gasteiger partial charge on any atom is 0.573 e. The number of nitrogens with zero attached hydrogens (tertiary/aromatic N) is 4. The Morgan fingerprint density at radius 1 is 1.14 bits per heavy atom. The van der Waals surface area contributed by atoms with Gasteiger partial charge < -0.3 is 31.2 Å². The van der Waals surface area contributed by atoms with Crippen molar-refractivity contribution >= 4 is 23.2 Å². The van der Waals surface area contributed by atoms with E-state index in [0.29, 0.717) is 23.7 Å². The SMILES string of the molecule is NC(N)=NCCCN1CCC(n2cc3c(nc2=O)Nc2cc(C(=O)Cc4ccccc4OC(F)(F)F)ccc2O3)CC1. The van der Waals surface area contributed by atoms with Crippen LogP contribution < -0.4 is 31.9 Å². The lowest BCUT2D eigenvalue weighted by Crippen LogP contribution is -2.38. The number of hydrogen-bond acceptors (Lipinski definition) is 8. The standard InChI is InChI=1S/C28H30F3N7O4/c29-28(30,31)42-22-5-2-1-4-18(22)15-21(39)17-6-7-23-20(14-17)35-25-24(41-23)16-38(27(40)36-25)19-8-12-37(13-9-19)11-3-10-34-26(32)33/h1-2,4-7,14,16,19H,3,8-13,15H2,(H4,32,33,34)(H,35,36,40). The Kier molecular flexibility index (Phi) is 8.34. The minimum atomic E-state index is -4.88. The number of guanidine groups is 1. The third-order valence-electron chi connectivity index (χ3n) is 7.12. The maximum atomic E-state index is 13.0. The van der Waals surface area contributed by atoms with Crippen LogP contribution in [0.5, 0.6) is 17.2 Å². The van der Waals surface area contributed by atoms with Gasteiger partial charge in [0.2, 0.25) is 0 Å². The fourth-order valence-electron chi connectivity index (χ4n) is 5.09. The maximum absolute atomic E-state index is 13.0. The van der Waals surface area contributed by atoms with E-state index in [2.05, 4.69) is 24.9 Å². The summed E-state index contributed by atoms with van der Waals surface area (Å²) in [6.45, 7) is 3.08. The molecule has 1 saturated heterocycles. The predicted molar refractivity (Wildman–Crippen MR) is 149 cm³/mol. The monoisotopic (exact) mass is 585 g/mol. The van der Waals surface area contributed by atoms with Gasteiger partial charge in [0.05, 0.1) is 11.9 Å². The highest BCUT2D eigenvalue weighted by Gasteiger charge is 2.32. The summed E-state index contributed by atoms with van der Waals surface area (Å²) in [5.41, 5.74) is 11.1. The minimum absolute atomic E-state index is 0.0292. The zero-order valence-electron chi connectivity index (χ0n) is 22.6. The first-order valence-electron chi connectivity index (χ1n) is 13.4. The number of ether oxygens (including phenoxy) is 2. The van der Waals surface area contributed by atoms with Crippen LogP contribution in [0.25, 0.3) is 0 Å². The number of nitrogens with two attached hydrogens (primary N) is 2. The number of hydrogen-bond donors (Lipinski definition) is 3. The smallest absolute Gasteiger partial charge is 0.450 e. The molecule has 2 aromatic carbocycles. The number of Topliss-reactive ketones (excluding diaryl/α,β-unsaturated/α-hetero) is 1. The van der Waals surface area contributed by atoms with Crippen LogP contribution in [-0.4, -0.2) is 58.7 Å². The normalized spacial score (nSPS) is 15.1. The molecule has 42 heavy (non-hydrogen) atoms. The molecule has 0 aliphatic carbocycles. The van der Waals surface area contributed by atoms with Gasteiger partial charge in [0.1, 0.15) is 5.75 Å². The van der Waals surface area contributed by atoms with Crippen LogP contribution in [0.1, 0.15) is 41.2 Å². The number of piperidine rings is 1. The molecule has 11 nitrogen and oxygen atoms in total. The van der Waals surface area contributed by atoms with Gasteiger partial charge in [-0.25, -0.2) is 4.79 Å². The minimum Gasteiger partial charge on any atom is -0.450 e. The number of ketones is 1. The number of fused-ring (bicyclic) bond motifs is 2. The number of nitrogens with one attached hydrogen (secondary N) is 1. The Morgan fingerprint density at radius 2 is 1.90 bits per heavy atom. The molecule has 0 unspecified atom stereocenters. The molecule has 1 aromatic heterocycles. The van der Waals surface area contributed by atoms with E-state index in [-0.39, 0.29) is 35.4 Å². The summed E-state index contributed by atoms with van der Waals surface area (Å²) in [6.07, 6.45) is -1.14. The molecule has 1 fully saturated rings. The van der Waals surface area contributed by atoms with Gasteiger partial charge in [0, 0.05) is 43.2 Å². The number of alkyl halides is 3. The van der Waals surface area contributed by atoms with Crippen molar-refractivity contribution in [2.24, 2.45) is 16.5 Å². The third kappa shape index (κ3) is 7.00. The quantitative estimate of drug-likeness (QED) is 0.116. The van der Waals surface area contributed by atoms with Crippen molar-refractivity contribution in [2.75, 3.05) is 31.5 Å². The molecule has 0 spiro atoms. The molecule has 3 aromatic rings. The molecule has 0 amide bonds. The summed E-state index contributed by atoms with van der Waals surface area (Å²) in [7, 11) is 0. The van der Waals surface area contributed by atoms with E-state index < -0.39 is 23.6 Å². The number of halogens is 3. The van der Waals surface area contributed by atoms with Crippen molar-refractivity contribution in [1.82, 2.24) is 14.5 Å². The number of anilines is 2. The summed E-state index contributed by atoms with van der Waals surface area (Å²) in [5.74, 6) is 0.243. The molecule has 14 heteroatoms. The Labute approximate surface area is 238 Å². The number of likely N-dealkylation sites (tertiary alicyclic amines) is 1. The topological polar surface area (TPSA) is 150 Å². The Bertz CT molecular complexity index is 1550. The summed E-state index contributed by atoms with van der Waals surface area (Å²) < 4.78 is 50.0. The second-order valence-corrected chi connectivity index (χ2v) is 10.1. The molecule has 2 aliphatic heterocycles. The highest BCUT2D eigenvalue weighted by Crippen LogP contribution is 2.41. The summed E-state index contributed by atoms with van der Waals surface area (Å²) >= 11 is 0. The van der Waals surface area contributed by atoms with Gasteiger partial charge in [-0.15, -0.1) is 13.2 Å². The van der Waals surface area contributed by atoms with E-state index in [4.69, 9.17) is 16.2 Å². The van der Waals surface area contributed by atoms with Gasteiger partial charge in [0.15, 0.2) is 29.1 Å². The van der Waals surface area contributed by atoms with Crippen LogP contribution in [0.3, 0.4) is 0 Å². The highest BCUT2D eigenvalue weighted by atomic mass is 19.4. The molecule has 5 rings (SSSR count). The highest BCUT2D eigenvalue weighted by molar-refractivity contribution is 5.99. The molecular weight excluding hydrogens is 555 g/mol. The number of aromatic nitrogens is 2. The molecule has 222 valence electrons. The van der Waals surface area contributed by atoms with E-state index in [1.807, 2.05) is 0 Å². The second kappa shape index (κ2) is 12.1. The first-order chi connectivity index (χ1) is 20.1. The fourth-order valence-corrected chi connectivity index (χ4v) is 5.09. The number of para-hydroxylation sites is 1. The molecule has 2 aliphatic rings. The van der Waals surface area contributed by atoms with Gasteiger partial charge in [-0.2, -0.15) is 4.98 Å². The van der Waals surface area contributed by atoms with E-state index in [1.165, 1.54) is 30.3 Å².